The minimum Gasteiger partial charge on any atom is -0.457 e. The summed E-state index contributed by atoms with van der Waals surface area (Å²) in [5.74, 6) is 1.14. The van der Waals surface area contributed by atoms with Crippen LogP contribution in [0.1, 0.15) is 40.5 Å². The van der Waals surface area contributed by atoms with E-state index in [1.54, 1.807) is 35.2 Å². The largest absolute Gasteiger partial charge is 0.457 e. The number of nitrogens with zero attached hydrogens (tertiary/aromatic N) is 6. The van der Waals surface area contributed by atoms with Crippen molar-refractivity contribution in [2.75, 3.05) is 12.3 Å². The Labute approximate surface area is 250 Å². The van der Waals surface area contributed by atoms with Crippen LogP contribution in [0.4, 0.5) is 5.82 Å². The van der Waals surface area contributed by atoms with E-state index in [1.165, 1.54) is 15.5 Å². The van der Waals surface area contributed by atoms with E-state index in [9.17, 15) is 14.9 Å². The van der Waals surface area contributed by atoms with Gasteiger partial charge in [-0.3, -0.25) is 13.9 Å². The lowest BCUT2D eigenvalue weighted by atomic mass is 9.99. The fourth-order valence-electron chi connectivity index (χ4n) is 5.74. The highest BCUT2D eigenvalue weighted by molar-refractivity contribution is 5.97. The topological polar surface area (TPSA) is 144 Å². The number of imidazole rings is 1. The van der Waals surface area contributed by atoms with Crippen molar-refractivity contribution in [2.24, 2.45) is 0 Å². The highest BCUT2D eigenvalue weighted by atomic mass is 16.5. The number of ether oxygens (including phenoxy) is 1. The Morgan fingerprint density at radius 1 is 1.16 bits per heavy atom. The molecule has 11 heteroatoms. The average Bonchev–Trinajstić information content (AvgIpc) is 3.55. The predicted molar refractivity (Wildman–Crippen MR) is 165 cm³/mol. The zero-order chi connectivity index (χ0) is 30.7. The fraction of sp³-hybridized carbons (Fsp3) is 0.344. The number of amides is 1. The van der Waals surface area contributed by atoms with Crippen LogP contribution in [0.25, 0.3) is 16.9 Å². The highest BCUT2D eigenvalue weighted by Crippen LogP contribution is 2.27. The second-order valence-electron chi connectivity index (χ2n) is 11.6. The number of likely N-dealkylation sites (tertiary alicyclic amines) is 1. The standard InChI is InChI=1S/C32H36N8O3/c1-21(2)37-32(3,4)17-22(18-33)30(41)38-16-8-9-24(38)19-39-29-27(28(34)35-20-36-29)40(31(39)42)23-12-14-26(15-13-23)43-25-10-6-5-7-11-25/h5-7,10-15,17,20-21,24,37H,8-9,16,19H2,1-4H3,(H2,34,35,36)/b22-17-/t24-/m0/s1. The number of carbonyl (C=O) groups is 1. The molecule has 1 aliphatic rings. The van der Waals surface area contributed by atoms with Gasteiger partial charge in [0.15, 0.2) is 11.5 Å². The fourth-order valence-corrected chi connectivity index (χ4v) is 5.74. The van der Waals surface area contributed by atoms with Crippen molar-refractivity contribution < 1.29 is 9.53 Å². The van der Waals surface area contributed by atoms with Gasteiger partial charge in [0.05, 0.1) is 11.7 Å². The molecule has 2 aromatic carbocycles. The zero-order valence-electron chi connectivity index (χ0n) is 24.8. The van der Waals surface area contributed by atoms with Crippen LogP contribution in [0.3, 0.4) is 0 Å². The Kier molecular flexibility index (Phi) is 8.32. The lowest BCUT2D eigenvalue weighted by molar-refractivity contribution is -0.127. The van der Waals surface area contributed by atoms with Gasteiger partial charge in [0, 0.05) is 24.7 Å². The molecule has 0 saturated carbocycles. The Morgan fingerprint density at radius 2 is 1.86 bits per heavy atom. The minimum atomic E-state index is -0.551. The SMILES string of the molecule is CC(C)NC(C)(C)/C=C(/C#N)C(=O)N1CCC[C@H]1Cn1c(=O)n(-c2ccc(Oc3ccccc3)cc2)c2c(N)ncnc21. The summed E-state index contributed by atoms with van der Waals surface area (Å²) in [6.45, 7) is 8.57. The number of nitrogens with two attached hydrogens (primary N) is 1. The van der Waals surface area contributed by atoms with E-state index in [1.807, 2.05) is 58.0 Å². The molecule has 0 unspecified atom stereocenters. The van der Waals surface area contributed by atoms with Gasteiger partial charge < -0.3 is 20.7 Å². The number of nitrogens with one attached hydrogen (secondary N) is 1. The number of fused-ring (bicyclic) bond motifs is 1. The first kappa shape index (κ1) is 29.5. The Balaban J connectivity index is 1.46. The van der Waals surface area contributed by atoms with Gasteiger partial charge in [-0.15, -0.1) is 0 Å². The predicted octanol–water partition coefficient (Wildman–Crippen LogP) is 4.17. The Hall–Kier alpha value is -4.95. The summed E-state index contributed by atoms with van der Waals surface area (Å²) in [4.78, 5) is 37.8. The molecule has 0 aliphatic carbocycles. The van der Waals surface area contributed by atoms with Gasteiger partial charge in [-0.25, -0.2) is 14.8 Å². The van der Waals surface area contributed by atoms with Gasteiger partial charge in [0.2, 0.25) is 0 Å². The number of anilines is 1. The van der Waals surface area contributed by atoms with Crippen molar-refractivity contribution in [3.63, 3.8) is 0 Å². The molecule has 1 saturated heterocycles. The van der Waals surface area contributed by atoms with Crippen molar-refractivity contribution in [2.45, 2.75) is 64.7 Å². The minimum absolute atomic E-state index is 0.0733. The molecule has 1 fully saturated rings. The highest BCUT2D eigenvalue weighted by Gasteiger charge is 2.33. The number of hydrogen-bond acceptors (Lipinski definition) is 8. The van der Waals surface area contributed by atoms with Gasteiger partial charge in [0.25, 0.3) is 5.91 Å². The molecule has 4 aromatic rings. The molecule has 1 atom stereocenters. The summed E-state index contributed by atoms with van der Waals surface area (Å²) in [6.07, 6.45) is 4.45. The van der Waals surface area contributed by atoms with E-state index in [2.05, 4.69) is 21.4 Å². The van der Waals surface area contributed by atoms with Crippen LogP contribution in [0.15, 0.2) is 77.4 Å². The summed E-state index contributed by atoms with van der Waals surface area (Å²) in [7, 11) is 0. The number of benzene rings is 2. The molecule has 0 bridgehead atoms. The molecule has 1 amide bonds. The number of nitriles is 1. The van der Waals surface area contributed by atoms with Gasteiger partial charge in [-0.05, 0) is 69.2 Å². The molecule has 5 rings (SSSR count). The van der Waals surface area contributed by atoms with Gasteiger partial charge >= 0.3 is 5.69 Å². The van der Waals surface area contributed by atoms with Crippen LogP contribution in [0.5, 0.6) is 11.5 Å². The summed E-state index contributed by atoms with van der Waals surface area (Å²) in [5.41, 5.74) is 6.79. The molecule has 1 aliphatic heterocycles. The lowest BCUT2D eigenvalue weighted by Crippen LogP contribution is -2.44. The number of carbonyl (C=O) groups excluding carboxylic acids is 1. The maximum Gasteiger partial charge on any atom is 0.335 e. The van der Waals surface area contributed by atoms with Crippen molar-refractivity contribution in [3.8, 4) is 23.3 Å². The third-order valence-corrected chi connectivity index (χ3v) is 7.35. The van der Waals surface area contributed by atoms with Crippen LogP contribution in [-0.2, 0) is 11.3 Å². The molecular weight excluding hydrogens is 544 g/mol. The molecule has 0 radical (unpaired) electrons. The molecule has 3 heterocycles. The second-order valence-corrected chi connectivity index (χ2v) is 11.6. The van der Waals surface area contributed by atoms with Crippen LogP contribution < -0.4 is 21.5 Å². The second kappa shape index (κ2) is 12.1. The number of aromatic nitrogens is 4. The number of para-hydroxylation sites is 1. The van der Waals surface area contributed by atoms with Crippen molar-refractivity contribution >= 4 is 22.9 Å². The van der Waals surface area contributed by atoms with Gasteiger partial charge in [0.1, 0.15) is 35.0 Å². The van der Waals surface area contributed by atoms with E-state index in [-0.39, 0.29) is 41.6 Å². The normalized spacial score (nSPS) is 15.7. The molecule has 0 spiro atoms. The van der Waals surface area contributed by atoms with E-state index in [0.717, 1.165) is 6.42 Å². The summed E-state index contributed by atoms with van der Waals surface area (Å²) in [6, 6.07) is 18.5. The van der Waals surface area contributed by atoms with Crippen molar-refractivity contribution in [1.82, 2.24) is 29.3 Å². The molecule has 3 N–H and O–H groups in total. The monoisotopic (exact) mass is 580 g/mol. The zero-order valence-corrected chi connectivity index (χ0v) is 24.8. The summed E-state index contributed by atoms with van der Waals surface area (Å²) in [5, 5.41) is 13.3. The molecule has 43 heavy (non-hydrogen) atoms. The third-order valence-electron chi connectivity index (χ3n) is 7.35. The third kappa shape index (κ3) is 6.29. The Morgan fingerprint density at radius 3 is 2.53 bits per heavy atom. The average molecular weight is 581 g/mol. The van der Waals surface area contributed by atoms with Crippen LogP contribution in [0.2, 0.25) is 0 Å². The maximum atomic E-state index is 14.0. The Bertz CT molecular complexity index is 1750. The first-order valence-corrected chi connectivity index (χ1v) is 14.3. The quantitative estimate of drug-likeness (QED) is 0.222. The number of hydrogen-bond donors (Lipinski definition) is 2. The van der Waals surface area contributed by atoms with Crippen LogP contribution >= 0.6 is 0 Å². The van der Waals surface area contributed by atoms with E-state index in [4.69, 9.17) is 10.5 Å². The first-order valence-electron chi connectivity index (χ1n) is 14.3. The smallest absolute Gasteiger partial charge is 0.335 e. The van der Waals surface area contributed by atoms with E-state index >= 15 is 0 Å². The maximum absolute atomic E-state index is 14.0. The molecule has 222 valence electrons. The summed E-state index contributed by atoms with van der Waals surface area (Å²) >= 11 is 0. The first-order chi connectivity index (χ1) is 20.6. The summed E-state index contributed by atoms with van der Waals surface area (Å²) < 4.78 is 8.93. The lowest BCUT2D eigenvalue weighted by Gasteiger charge is -2.28. The molecular formula is C32H36N8O3. The van der Waals surface area contributed by atoms with Gasteiger partial charge in [-0.1, -0.05) is 32.0 Å². The van der Waals surface area contributed by atoms with Crippen molar-refractivity contribution in [3.05, 3.63) is 83.1 Å². The van der Waals surface area contributed by atoms with E-state index < -0.39 is 5.54 Å². The van der Waals surface area contributed by atoms with Crippen LogP contribution in [0, 0.1) is 11.3 Å². The van der Waals surface area contributed by atoms with E-state index in [0.29, 0.717) is 41.3 Å². The van der Waals surface area contributed by atoms with Gasteiger partial charge in [-0.2, -0.15) is 5.26 Å². The van der Waals surface area contributed by atoms with Crippen molar-refractivity contribution in [1.29, 1.82) is 5.26 Å². The number of rotatable bonds is 9. The molecule has 2 aromatic heterocycles. The number of nitrogen functional groups attached to an aromatic ring is 1. The molecule has 11 nitrogen and oxygen atoms in total. The van der Waals surface area contributed by atoms with Crippen LogP contribution in [-0.4, -0.2) is 54.1 Å².